The van der Waals surface area contributed by atoms with Crippen LogP contribution >= 0.6 is 0 Å². The highest BCUT2D eigenvalue weighted by Crippen LogP contribution is 1.98. The highest BCUT2D eigenvalue weighted by atomic mass is 16.5. The summed E-state index contributed by atoms with van der Waals surface area (Å²) in [5.74, 6) is -0.105. The smallest absolute Gasteiger partial charge is 0.246 e. The molecule has 3 N–H and O–H groups in total. The SMILES string of the molecule is C=C(C)NCCOCCOCC(=O)NCC(O)C(C)C. The van der Waals surface area contributed by atoms with E-state index in [0.29, 0.717) is 26.4 Å². The van der Waals surface area contributed by atoms with Crippen molar-refractivity contribution in [1.29, 1.82) is 0 Å². The lowest BCUT2D eigenvalue weighted by Crippen LogP contribution is -2.36. The van der Waals surface area contributed by atoms with Gasteiger partial charge in [-0.3, -0.25) is 4.79 Å². The molecule has 0 fully saturated rings. The number of amides is 1. The molecule has 0 aromatic rings. The Balaban J connectivity index is 3.33. The summed E-state index contributed by atoms with van der Waals surface area (Å²) < 4.78 is 10.5. The van der Waals surface area contributed by atoms with Gasteiger partial charge >= 0.3 is 0 Å². The molecule has 0 aromatic heterocycles. The fourth-order valence-corrected chi connectivity index (χ4v) is 1.23. The number of allylic oxidation sites excluding steroid dienone is 1. The molecule has 1 atom stereocenters. The Hall–Kier alpha value is -1.11. The lowest BCUT2D eigenvalue weighted by molar-refractivity contribution is -0.126. The average molecular weight is 288 g/mol. The molecular weight excluding hydrogens is 260 g/mol. The third-order valence-corrected chi connectivity index (χ3v) is 2.56. The maximum atomic E-state index is 11.4. The van der Waals surface area contributed by atoms with E-state index in [-0.39, 0.29) is 25.0 Å². The molecule has 0 bridgehead atoms. The number of hydrogen-bond donors (Lipinski definition) is 3. The maximum absolute atomic E-state index is 11.4. The van der Waals surface area contributed by atoms with E-state index in [9.17, 15) is 9.90 Å². The predicted molar refractivity (Wildman–Crippen MR) is 78.3 cm³/mol. The van der Waals surface area contributed by atoms with Crippen LogP contribution in [-0.2, 0) is 14.3 Å². The summed E-state index contributed by atoms with van der Waals surface area (Å²) in [6, 6.07) is 0. The standard InChI is InChI=1S/C14H28N2O4/c1-11(2)13(17)9-16-14(18)10-20-8-7-19-6-5-15-12(3)4/h11,13,15,17H,3,5-10H2,1-2,4H3,(H,16,18). The van der Waals surface area contributed by atoms with Gasteiger partial charge in [0.1, 0.15) is 6.61 Å². The van der Waals surface area contributed by atoms with E-state index in [1.54, 1.807) is 0 Å². The summed E-state index contributed by atoms with van der Waals surface area (Å²) in [6.45, 7) is 11.7. The second-order valence-electron chi connectivity index (χ2n) is 4.99. The third-order valence-electron chi connectivity index (χ3n) is 2.56. The molecule has 20 heavy (non-hydrogen) atoms. The number of aliphatic hydroxyl groups is 1. The first-order valence-electron chi connectivity index (χ1n) is 6.93. The van der Waals surface area contributed by atoms with Crippen LogP contribution in [0.5, 0.6) is 0 Å². The Morgan fingerprint density at radius 3 is 2.45 bits per heavy atom. The van der Waals surface area contributed by atoms with Crippen molar-refractivity contribution in [2.45, 2.75) is 26.9 Å². The summed E-state index contributed by atoms with van der Waals surface area (Å²) in [5, 5.41) is 15.2. The van der Waals surface area contributed by atoms with E-state index in [1.807, 2.05) is 20.8 Å². The Bertz CT molecular complexity index is 282. The molecule has 118 valence electrons. The normalized spacial score (nSPS) is 12.2. The number of ether oxygens (including phenoxy) is 2. The summed E-state index contributed by atoms with van der Waals surface area (Å²) in [4.78, 5) is 11.4. The monoisotopic (exact) mass is 288 g/mol. The van der Waals surface area contributed by atoms with Gasteiger partial charge in [-0.25, -0.2) is 0 Å². The Labute approximate surface area is 121 Å². The zero-order valence-electron chi connectivity index (χ0n) is 12.8. The zero-order valence-corrected chi connectivity index (χ0v) is 12.8. The van der Waals surface area contributed by atoms with Crippen molar-refractivity contribution in [3.63, 3.8) is 0 Å². The van der Waals surface area contributed by atoms with Crippen LogP contribution in [-0.4, -0.2) is 56.6 Å². The van der Waals surface area contributed by atoms with Crippen molar-refractivity contribution >= 4 is 5.91 Å². The predicted octanol–water partition coefficient (Wildman–Crippen LogP) is 0.276. The molecule has 1 amide bonds. The van der Waals surface area contributed by atoms with Crippen molar-refractivity contribution in [1.82, 2.24) is 10.6 Å². The molecule has 0 heterocycles. The van der Waals surface area contributed by atoms with Crippen LogP contribution in [0.1, 0.15) is 20.8 Å². The molecule has 6 nitrogen and oxygen atoms in total. The Morgan fingerprint density at radius 1 is 1.20 bits per heavy atom. The quantitative estimate of drug-likeness (QED) is 0.449. The second-order valence-corrected chi connectivity index (χ2v) is 4.99. The van der Waals surface area contributed by atoms with E-state index in [1.165, 1.54) is 0 Å². The average Bonchev–Trinajstić information content (AvgIpc) is 2.38. The number of nitrogens with one attached hydrogen (secondary N) is 2. The summed E-state index contributed by atoms with van der Waals surface area (Å²) in [6.07, 6.45) is -0.525. The Kier molecular flexibility index (Phi) is 11.0. The largest absolute Gasteiger partial charge is 0.391 e. The molecule has 0 aliphatic rings. The minimum absolute atomic E-state index is 0.0157. The van der Waals surface area contributed by atoms with Gasteiger partial charge in [0.05, 0.1) is 25.9 Å². The minimum atomic E-state index is -0.525. The van der Waals surface area contributed by atoms with Gasteiger partial charge in [0, 0.05) is 18.8 Å². The van der Waals surface area contributed by atoms with Crippen molar-refractivity contribution in [3.05, 3.63) is 12.3 Å². The zero-order chi connectivity index (χ0) is 15.4. The fraction of sp³-hybridized carbons (Fsp3) is 0.786. The summed E-state index contributed by atoms with van der Waals surface area (Å²) in [5.41, 5.74) is 0.908. The minimum Gasteiger partial charge on any atom is -0.391 e. The second kappa shape index (κ2) is 11.7. The van der Waals surface area contributed by atoms with Gasteiger partial charge in [-0.2, -0.15) is 0 Å². The van der Waals surface area contributed by atoms with Gasteiger partial charge < -0.3 is 25.2 Å². The van der Waals surface area contributed by atoms with Crippen LogP contribution in [0, 0.1) is 5.92 Å². The number of hydrogen-bond acceptors (Lipinski definition) is 5. The molecule has 0 saturated carbocycles. The maximum Gasteiger partial charge on any atom is 0.246 e. The van der Waals surface area contributed by atoms with Crippen LogP contribution in [0.15, 0.2) is 12.3 Å². The highest BCUT2D eigenvalue weighted by Gasteiger charge is 2.10. The van der Waals surface area contributed by atoms with E-state index in [4.69, 9.17) is 9.47 Å². The first kappa shape index (κ1) is 18.9. The summed E-state index contributed by atoms with van der Waals surface area (Å²) >= 11 is 0. The van der Waals surface area contributed by atoms with E-state index >= 15 is 0 Å². The lowest BCUT2D eigenvalue weighted by atomic mass is 10.1. The number of carbonyl (C=O) groups excluding carboxylic acids is 1. The summed E-state index contributed by atoms with van der Waals surface area (Å²) in [7, 11) is 0. The van der Waals surface area contributed by atoms with E-state index < -0.39 is 6.10 Å². The number of rotatable bonds is 12. The molecule has 1 unspecified atom stereocenters. The fourth-order valence-electron chi connectivity index (χ4n) is 1.23. The first-order chi connectivity index (χ1) is 9.43. The van der Waals surface area contributed by atoms with Crippen LogP contribution in [0.4, 0.5) is 0 Å². The highest BCUT2D eigenvalue weighted by molar-refractivity contribution is 5.77. The molecule has 0 spiro atoms. The van der Waals surface area contributed by atoms with Gasteiger partial charge in [-0.05, 0) is 12.8 Å². The Morgan fingerprint density at radius 2 is 1.85 bits per heavy atom. The van der Waals surface area contributed by atoms with Crippen LogP contribution in [0.3, 0.4) is 0 Å². The van der Waals surface area contributed by atoms with Crippen molar-refractivity contribution in [2.75, 3.05) is 39.5 Å². The van der Waals surface area contributed by atoms with Crippen LogP contribution in [0.25, 0.3) is 0 Å². The molecule has 0 rings (SSSR count). The molecular formula is C14H28N2O4. The van der Waals surface area contributed by atoms with Gasteiger partial charge in [-0.15, -0.1) is 0 Å². The molecule has 6 heteroatoms. The third kappa shape index (κ3) is 12.0. The molecule has 0 radical (unpaired) electrons. The molecule has 0 aliphatic heterocycles. The number of carbonyl (C=O) groups is 1. The topological polar surface area (TPSA) is 79.8 Å². The van der Waals surface area contributed by atoms with Gasteiger partial charge in [0.25, 0.3) is 0 Å². The van der Waals surface area contributed by atoms with Gasteiger partial charge in [0.2, 0.25) is 5.91 Å². The number of aliphatic hydroxyl groups excluding tert-OH is 1. The van der Waals surface area contributed by atoms with Crippen molar-refractivity contribution in [3.8, 4) is 0 Å². The first-order valence-corrected chi connectivity index (χ1v) is 6.93. The van der Waals surface area contributed by atoms with Crippen molar-refractivity contribution < 1.29 is 19.4 Å². The van der Waals surface area contributed by atoms with Crippen LogP contribution in [0.2, 0.25) is 0 Å². The molecule has 0 aliphatic carbocycles. The van der Waals surface area contributed by atoms with Crippen molar-refractivity contribution in [2.24, 2.45) is 5.92 Å². The van der Waals surface area contributed by atoms with Gasteiger partial charge in [0.15, 0.2) is 0 Å². The molecule has 0 aromatic carbocycles. The van der Waals surface area contributed by atoms with E-state index in [2.05, 4.69) is 17.2 Å². The lowest BCUT2D eigenvalue weighted by Gasteiger charge is -2.15. The molecule has 0 saturated heterocycles. The van der Waals surface area contributed by atoms with Gasteiger partial charge in [-0.1, -0.05) is 20.4 Å². The van der Waals surface area contributed by atoms with E-state index in [0.717, 1.165) is 5.70 Å². The van der Waals surface area contributed by atoms with Crippen LogP contribution < -0.4 is 10.6 Å².